The number of hydrogen-bond acceptors (Lipinski definition) is 17. The SMILES string of the molecule is CC(C)Cc1ccc(C(C)C(=O)Oc2ccc(OC(=O)CC(CO[N+](=O)[O-])O[N+](=O)[O-])c(C(=O)Oc3ccc(P4(=S)SP(=S)(c5ccc(O)cc5)S4)cc3)c2)cc1. The van der Waals surface area contributed by atoms with Crippen LogP contribution in [0.5, 0.6) is 23.0 Å². The number of nitrogens with zero attached hydrogens (tertiary/aromatic N) is 2. The minimum Gasteiger partial charge on any atom is -0.508 e. The average molecular weight is 893 g/mol. The molecule has 0 aromatic heterocycles. The van der Waals surface area contributed by atoms with Crippen molar-refractivity contribution in [2.45, 2.75) is 45.6 Å². The summed E-state index contributed by atoms with van der Waals surface area (Å²) in [5.74, 6) is -3.28. The van der Waals surface area contributed by atoms with Crippen LogP contribution in [0.25, 0.3) is 0 Å². The molecule has 1 aliphatic heterocycles. The molecule has 0 aliphatic carbocycles. The topological polar surface area (TPSA) is 204 Å². The number of esters is 3. The van der Waals surface area contributed by atoms with Crippen LogP contribution in [-0.4, -0.2) is 45.9 Å². The number of hydrogen-bond donors (Lipinski definition) is 1. The van der Waals surface area contributed by atoms with Crippen LogP contribution < -0.4 is 24.8 Å². The van der Waals surface area contributed by atoms with Crippen molar-refractivity contribution in [3.8, 4) is 23.0 Å². The Bertz CT molecular complexity index is 2250. The summed E-state index contributed by atoms with van der Waals surface area (Å²) in [5.41, 5.74) is 1.47. The zero-order chi connectivity index (χ0) is 41.5. The number of benzene rings is 4. The molecule has 1 heterocycles. The fourth-order valence-electron chi connectivity index (χ4n) is 5.29. The second kappa shape index (κ2) is 18.8. The molecule has 300 valence electrons. The van der Waals surface area contributed by atoms with Crippen LogP contribution in [0.1, 0.15) is 54.6 Å². The van der Waals surface area contributed by atoms with Crippen molar-refractivity contribution in [1.29, 1.82) is 0 Å². The molecule has 15 nitrogen and oxygen atoms in total. The van der Waals surface area contributed by atoms with Crippen LogP contribution in [0.4, 0.5) is 0 Å². The van der Waals surface area contributed by atoms with E-state index in [4.69, 9.17) is 37.8 Å². The first-order chi connectivity index (χ1) is 26.9. The van der Waals surface area contributed by atoms with Crippen molar-refractivity contribution in [3.63, 3.8) is 0 Å². The fourth-order valence-corrected chi connectivity index (χ4v) is 47.6. The van der Waals surface area contributed by atoms with E-state index in [0.29, 0.717) is 11.5 Å². The van der Waals surface area contributed by atoms with Gasteiger partial charge < -0.3 is 29.0 Å². The first-order valence-electron chi connectivity index (χ1n) is 16.9. The van der Waals surface area contributed by atoms with E-state index in [-0.39, 0.29) is 28.6 Å². The summed E-state index contributed by atoms with van der Waals surface area (Å²) < 4.78 is 12.4. The second-order valence-corrected chi connectivity index (χ2v) is 34.1. The Balaban J connectivity index is 1.34. The van der Waals surface area contributed by atoms with Gasteiger partial charge in [0, 0.05) is 10.6 Å². The molecule has 1 N–H and O–H groups in total. The molecule has 1 saturated heterocycles. The minimum absolute atomic E-state index is 0.0828. The number of phenols is 1. The molecule has 2 atom stereocenters. The average Bonchev–Trinajstić information content (AvgIpc) is 3.13. The molecule has 2 unspecified atom stereocenters. The lowest BCUT2D eigenvalue weighted by Gasteiger charge is -2.40. The summed E-state index contributed by atoms with van der Waals surface area (Å²) >= 11 is 15.1. The van der Waals surface area contributed by atoms with Crippen LogP contribution in [-0.2, 0) is 49.3 Å². The maximum absolute atomic E-state index is 13.7. The number of carbonyl (C=O) groups is 3. The highest BCUT2D eigenvalue weighted by Crippen LogP contribution is 3.04. The van der Waals surface area contributed by atoms with Crippen molar-refractivity contribution in [1.82, 2.24) is 0 Å². The highest BCUT2D eigenvalue weighted by molar-refractivity contribution is 9.48. The van der Waals surface area contributed by atoms with Crippen LogP contribution in [0, 0.1) is 26.1 Å². The van der Waals surface area contributed by atoms with E-state index in [2.05, 4.69) is 23.5 Å². The van der Waals surface area contributed by atoms with E-state index < -0.39 is 62.0 Å². The Hall–Kier alpha value is -4.51. The smallest absolute Gasteiger partial charge is 0.347 e. The van der Waals surface area contributed by atoms with E-state index in [1.807, 2.05) is 24.3 Å². The van der Waals surface area contributed by atoms with Gasteiger partial charge in [-0.1, -0.05) is 83.7 Å². The fraction of sp³-hybridized carbons (Fsp3) is 0.250. The van der Waals surface area contributed by atoms with Gasteiger partial charge in [0.15, 0.2) is 0 Å². The quantitative estimate of drug-likeness (QED) is 0.0355. The lowest BCUT2D eigenvalue weighted by atomic mass is 9.97. The lowest BCUT2D eigenvalue weighted by Crippen LogP contribution is -2.29. The molecular weight excluding hydrogens is 859 g/mol. The van der Waals surface area contributed by atoms with Gasteiger partial charge in [0.05, 0.1) is 21.2 Å². The minimum atomic E-state index is -2.17. The van der Waals surface area contributed by atoms with Gasteiger partial charge in [0.25, 0.3) is 10.2 Å². The van der Waals surface area contributed by atoms with Crippen LogP contribution in [0.3, 0.4) is 0 Å². The van der Waals surface area contributed by atoms with E-state index in [1.54, 1.807) is 77.5 Å². The summed E-state index contributed by atoms with van der Waals surface area (Å²) in [6, 6.07) is 24.5. The van der Waals surface area contributed by atoms with Crippen molar-refractivity contribution in [2.75, 3.05) is 6.61 Å². The van der Waals surface area contributed by atoms with Gasteiger partial charge in [0.1, 0.15) is 41.3 Å². The zero-order valence-corrected chi connectivity index (χ0v) is 35.3. The first-order valence-corrected chi connectivity index (χ1v) is 26.6. The van der Waals surface area contributed by atoms with Gasteiger partial charge >= 0.3 is 17.9 Å². The van der Waals surface area contributed by atoms with Gasteiger partial charge in [0.2, 0.25) is 0 Å². The van der Waals surface area contributed by atoms with E-state index in [0.717, 1.165) is 34.7 Å². The predicted molar refractivity (Wildman–Crippen MR) is 223 cm³/mol. The second-order valence-electron chi connectivity index (χ2n) is 12.8. The third-order valence-electron chi connectivity index (χ3n) is 8.05. The van der Waals surface area contributed by atoms with Crippen molar-refractivity contribution in [2.24, 2.45) is 5.92 Å². The molecule has 57 heavy (non-hydrogen) atoms. The monoisotopic (exact) mass is 892 g/mol. The van der Waals surface area contributed by atoms with Crippen LogP contribution >= 0.6 is 30.9 Å². The number of carbonyl (C=O) groups excluding carboxylic acids is 3. The molecule has 5 rings (SSSR count). The molecule has 1 fully saturated rings. The summed E-state index contributed by atoms with van der Waals surface area (Å²) in [4.78, 5) is 69.8. The largest absolute Gasteiger partial charge is 0.508 e. The maximum atomic E-state index is 13.7. The lowest BCUT2D eigenvalue weighted by molar-refractivity contribution is -0.789. The highest BCUT2D eigenvalue weighted by Gasteiger charge is 2.46. The molecule has 4 aromatic rings. The van der Waals surface area contributed by atoms with Gasteiger partial charge in [-0.3, -0.25) is 9.59 Å². The molecule has 0 spiro atoms. The third kappa shape index (κ3) is 11.8. The van der Waals surface area contributed by atoms with Crippen molar-refractivity contribution < 1.29 is 53.5 Å². The van der Waals surface area contributed by atoms with Gasteiger partial charge in [-0.25, -0.2) is 4.79 Å². The predicted octanol–water partition coefficient (Wildman–Crippen LogP) is 7.65. The number of phenolic OH excluding ortho intramolecular Hbond substituents is 1. The van der Waals surface area contributed by atoms with E-state index in [1.165, 1.54) is 6.07 Å². The normalized spacial score (nSPS) is 18.3. The van der Waals surface area contributed by atoms with Crippen molar-refractivity contribution in [3.05, 3.63) is 128 Å². The van der Waals surface area contributed by atoms with Gasteiger partial charge in [-0.05, 0) is 97.1 Å². The number of ether oxygens (including phenoxy) is 3. The van der Waals surface area contributed by atoms with Crippen LogP contribution in [0.15, 0.2) is 91.0 Å². The maximum Gasteiger partial charge on any atom is 0.347 e. The summed E-state index contributed by atoms with van der Waals surface area (Å²) in [6.07, 6.45) is -1.72. The molecule has 1 aliphatic rings. The van der Waals surface area contributed by atoms with E-state index >= 15 is 0 Å². The molecule has 0 bridgehead atoms. The van der Waals surface area contributed by atoms with Crippen molar-refractivity contribution >= 4 is 83.0 Å². The standard InChI is InChI=1S/C36H34N2O13P2S4/c1-22(2)18-24-4-6-25(7-5-24)23(3)35(41)49-28-12-17-33(50-34(40)20-29(51-38(45)46)21-47-37(43)44)32(19-28)36(42)48-27-10-15-31(16-11-27)53(55)56-52(54,57-53)30-13-8-26(39)9-14-30/h4-17,19,22-23,29,39H,18,20-21H2,1-3H3. The van der Waals surface area contributed by atoms with E-state index in [9.17, 15) is 39.7 Å². The Morgan fingerprint density at radius 1 is 0.772 bits per heavy atom. The molecule has 21 heteroatoms. The molecule has 0 amide bonds. The number of aromatic hydroxyl groups is 1. The first kappa shape index (κ1) is 43.6. The molecule has 0 radical (unpaired) electrons. The molecule has 0 saturated carbocycles. The summed E-state index contributed by atoms with van der Waals surface area (Å²) in [7, 11) is 0. The van der Waals surface area contributed by atoms with Crippen LogP contribution in [0.2, 0.25) is 0 Å². The summed E-state index contributed by atoms with van der Waals surface area (Å²) in [5, 5.41) is 30.5. The highest BCUT2D eigenvalue weighted by atomic mass is 33.7. The molecular formula is C36H34N2O13P2S4. The molecule has 4 aromatic carbocycles. The summed E-state index contributed by atoms with van der Waals surface area (Å²) in [6.45, 7) is 4.92. The Morgan fingerprint density at radius 2 is 1.35 bits per heavy atom. The van der Waals surface area contributed by atoms with Gasteiger partial charge in [-0.2, -0.15) is 0 Å². The Kier molecular flexibility index (Phi) is 14.4. The number of rotatable bonds is 17. The Labute approximate surface area is 344 Å². The Morgan fingerprint density at radius 3 is 1.91 bits per heavy atom. The van der Waals surface area contributed by atoms with Gasteiger partial charge in [-0.15, -0.1) is 20.2 Å². The zero-order valence-electron chi connectivity index (χ0n) is 30.3. The third-order valence-corrected chi connectivity index (χ3v) is 39.3.